The molecular weight excluding hydrogens is 219 g/mol. The Balaban J connectivity index is 0. The Morgan fingerprint density at radius 3 is 2.67 bits per heavy atom. The van der Waals surface area contributed by atoms with Gasteiger partial charge < -0.3 is 10.5 Å². The van der Waals surface area contributed by atoms with Crippen LogP contribution in [0, 0.1) is 0 Å². The molecule has 0 atom stereocenters. The Hall–Kier alpha value is 0.130. The summed E-state index contributed by atoms with van der Waals surface area (Å²) in [7, 11) is 1.66. The zero-order valence-electron chi connectivity index (χ0n) is 6.65. The molecule has 0 fully saturated rings. The lowest BCUT2D eigenvalue weighted by Crippen LogP contribution is -1.91. The molecule has 6 heteroatoms. The van der Waals surface area contributed by atoms with Crippen molar-refractivity contribution in [1.29, 1.82) is 0 Å². The molecule has 1 rings (SSSR count). The van der Waals surface area contributed by atoms with Crippen LogP contribution in [0.5, 0.6) is 0 Å². The van der Waals surface area contributed by atoms with Crippen molar-refractivity contribution >= 4 is 36.2 Å². The van der Waals surface area contributed by atoms with Gasteiger partial charge in [0.25, 0.3) is 0 Å². The molecule has 3 nitrogen and oxygen atoms in total. The number of nitrogens with zero attached hydrogens (tertiary/aromatic N) is 1. The molecule has 0 saturated carbocycles. The first-order valence-electron chi connectivity index (χ1n) is 2.99. The van der Waals surface area contributed by atoms with Crippen molar-refractivity contribution in [2.24, 2.45) is 5.73 Å². The van der Waals surface area contributed by atoms with Gasteiger partial charge in [0.05, 0.1) is 6.61 Å². The summed E-state index contributed by atoms with van der Waals surface area (Å²) in [5, 5.41) is 0.989. The first-order valence-corrected chi connectivity index (χ1v) is 3.81. The minimum Gasteiger partial charge on any atom is -0.378 e. The van der Waals surface area contributed by atoms with Gasteiger partial charge in [-0.1, -0.05) is 0 Å². The highest BCUT2D eigenvalue weighted by Gasteiger charge is 1.97. The van der Waals surface area contributed by atoms with Crippen molar-refractivity contribution in [3.05, 3.63) is 16.1 Å². The van der Waals surface area contributed by atoms with E-state index >= 15 is 0 Å². The molecule has 12 heavy (non-hydrogen) atoms. The summed E-state index contributed by atoms with van der Waals surface area (Å²) < 4.78 is 4.89. The molecular formula is C6H12Cl2N2OS. The second-order valence-corrected chi connectivity index (χ2v) is 3.06. The number of hydrogen-bond donors (Lipinski definition) is 1. The van der Waals surface area contributed by atoms with Gasteiger partial charge in [-0.25, -0.2) is 4.98 Å². The highest BCUT2D eigenvalue weighted by atomic mass is 35.5. The van der Waals surface area contributed by atoms with Gasteiger partial charge in [0.2, 0.25) is 0 Å². The highest BCUT2D eigenvalue weighted by molar-refractivity contribution is 7.11. The van der Waals surface area contributed by atoms with E-state index in [0.29, 0.717) is 13.2 Å². The van der Waals surface area contributed by atoms with Crippen molar-refractivity contribution in [3.8, 4) is 0 Å². The number of rotatable bonds is 3. The largest absolute Gasteiger partial charge is 0.378 e. The summed E-state index contributed by atoms with van der Waals surface area (Å²) in [6.07, 6.45) is 1.79. The number of methoxy groups -OCH3 is 1. The van der Waals surface area contributed by atoms with E-state index in [2.05, 4.69) is 4.98 Å². The molecule has 2 N–H and O–H groups in total. The van der Waals surface area contributed by atoms with Crippen LogP contribution in [0.25, 0.3) is 0 Å². The summed E-state index contributed by atoms with van der Waals surface area (Å²) in [6, 6.07) is 0. The first kappa shape index (κ1) is 14.6. The van der Waals surface area contributed by atoms with Gasteiger partial charge in [-0.05, 0) is 0 Å². The van der Waals surface area contributed by atoms with E-state index in [1.54, 1.807) is 24.6 Å². The van der Waals surface area contributed by atoms with E-state index in [4.69, 9.17) is 10.5 Å². The first-order chi connectivity index (χ1) is 4.86. The van der Waals surface area contributed by atoms with Gasteiger partial charge in [0, 0.05) is 24.7 Å². The molecule has 0 spiro atoms. The van der Waals surface area contributed by atoms with Gasteiger partial charge in [0.1, 0.15) is 5.01 Å². The normalized spacial score (nSPS) is 8.50. The maximum absolute atomic E-state index is 5.39. The van der Waals surface area contributed by atoms with Gasteiger partial charge in [-0.15, -0.1) is 36.2 Å². The molecule has 1 heterocycles. The molecule has 1 aromatic rings. The third-order valence-electron chi connectivity index (χ3n) is 1.07. The van der Waals surface area contributed by atoms with Crippen molar-refractivity contribution < 1.29 is 4.74 Å². The number of thiazole rings is 1. The smallest absolute Gasteiger partial charge is 0.119 e. The van der Waals surface area contributed by atoms with Gasteiger partial charge in [0.15, 0.2) is 0 Å². The lowest BCUT2D eigenvalue weighted by Gasteiger charge is -1.88. The Bertz CT molecular complexity index is 207. The molecule has 0 radical (unpaired) electrons. The third kappa shape index (κ3) is 4.23. The predicted molar refractivity (Wildman–Crippen MR) is 55.2 cm³/mol. The average Bonchev–Trinajstić information content (AvgIpc) is 2.37. The minimum atomic E-state index is 0. The number of hydrogen-bond acceptors (Lipinski definition) is 4. The summed E-state index contributed by atoms with van der Waals surface area (Å²) in [5.74, 6) is 0. The van der Waals surface area contributed by atoms with Crippen LogP contribution < -0.4 is 5.73 Å². The van der Waals surface area contributed by atoms with Crippen molar-refractivity contribution in [3.63, 3.8) is 0 Å². The minimum absolute atomic E-state index is 0. The molecule has 0 aliphatic heterocycles. The van der Waals surface area contributed by atoms with E-state index in [9.17, 15) is 0 Å². The second-order valence-electron chi connectivity index (χ2n) is 1.86. The number of halogens is 2. The van der Waals surface area contributed by atoms with Crippen LogP contribution in [0.15, 0.2) is 6.20 Å². The fraction of sp³-hybridized carbons (Fsp3) is 0.500. The standard InChI is InChI=1S/C6H10N2OS.2ClH/c1-9-4-6-8-3-5(2-7)10-6;;/h3H,2,4,7H2,1H3;2*1H. The molecule has 0 unspecified atom stereocenters. The zero-order chi connectivity index (χ0) is 7.40. The lowest BCUT2D eigenvalue weighted by molar-refractivity contribution is 0.184. The maximum atomic E-state index is 5.39. The molecule has 0 aromatic carbocycles. The molecule has 0 amide bonds. The number of nitrogens with two attached hydrogens (primary N) is 1. The average molecular weight is 231 g/mol. The van der Waals surface area contributed by atoms with Gasteiger partial charge in [-0.2, -0.15) is 0 Å². The van der Waals surface area contributed by atoms with Crippen LogP contribution in [0.1, 0.15) is 9.88 Å². The summed E-state index contributed by atoms with van der Waals surface area (Å²) in [6.45, 7) is 1.16. The van der Waals surface area contributed by atoms with E-state index < -0.39 is 0 Å². The SMILES string of the molecule is COCc1ncc(CN)s1.Cl.Cl. The number of ether oxygens (including phenoxy) is 1. The highest BCUT2D eigenvalue weighted by Crippen LogP contribution is 2.11. The van der Waals surface area contributed by atoms with E-state index in [1.807, 2.05) is 0 Å². The summed E-state index contributed by atoms with van der Waals surface area (Å²) >= 11 is 1.60. The van der Waals surface area contributed by atoms with Crippen molar-refractivity contribution in [2.45, 2.75) is 13.2 Å². The van der Waals surface area contributed by atoms with Crippen LogP contribution in [0.2, 0.25) is 0 Å². The molecule has 1 aromatic heterocycles. The quantitative estimate of drug-likeness (QED) is 0.859. The van der Waals surface area contributed by atoms with E-state index in [1.165, 1.54) is 0 Å². The van der Waals surface area contributed by atoms with Crippen LogP contribution >= 0.6 is 36.2 Å². The Morgan fingerprint density at radius 1 is 1.58 bits per heavy atom. The topological polar surface area (TPSA) is 48.1 Å². The maximum Gasteiger partial charge on any atom is 0.119 e. The fourth-order valence-electron chi connectivity index (χ4n) is 0.633. The van der Waals surface area contributed by atoms with Crippen LogP contribution in [-0.4, -0.2) is 12.1 Å². The summed E-state index contributed by atoms with van der Waals surface area (Å²) in [5.41, 5.74) is 5.39. The second kappa shape index (κ2) is 7.76. The van der Waals surface area contributed by atoms with E-state index in [0.717, 1.165) is 9.88 Å². The molecule has 0 bridgehead atoms. The van der Waals surface area contributed by atoms with Crippen LogP contribution in [0.4, 0.5) is 0 Å². The van der Waals surface area contributed by atoms with Gasteiger partial charge >= 0.3 is 0 Å². The Morgan fingerprint density at radius 2 is 2.25 bits per heavy atom. The van der Waals surface area contributed by atoms with Crippen molar-refractivity contribution in [1.82, 2.24) is 4.98 Å². The zero-order valence-corrected chi connectivity index (χ0v) is 9.10. The van der Waals surface area contributed by atoms with Gasteiger partial charge in [-0.3, -0.25) is 0 Å². The monoisotopic (exact) mass is 230 g/mol. The molecule has 0 aliphatic carbocycles. The molecule has 0 aliphatic rings. The Labute approximate surface area is 88.1 Å². The molecule has 72 valence electrons. The molecule has 0 saturated heterocycles. The van der Waals surface area contributed by atoms with Crippen LogP contribution in [0.3, 0.4) is 0 Å². The van der Waals surface area contributed by atoms with Crippen molar-refractivity contribution in [2.75, 3.05) is 7.11 Å². The fourth-order valence-corrected chi connectivity index (χ4v) is 1.41. The third-order valence-corrected chi connectivity index (χ3v) is 2.06. The van der Waals surface area contributed by atoms with Crippen LogP contribution in [-0.2, 0) is 17.9 Å². The number of aromatic nitrogens is 1. The summed E-state index contributed by atoms with van der Waals surface area (Å²) in [4.78, 5) is 5.19. The predicted octanol–water partition coefficient (Wildman–Crippen LogP) is 1.59. The van der Waals surface area contributed by atoms with E-state index in [-0.39, 0.29) is 24.8 Å². The lowest BCUT2D eigenvalue weighted by atomic mass is 10.6. The Kier molecular flexibility index (Phi) is 9.47.